The van der Waals surface area contributed by atoms with Crippen LogP contribution < -0.4 is 4.74 Å². The number of hydrogen-bond acceptors (Lipinski definition) is 3. The standard InChI is InChI=1S/C11H12F2O3/c1-11(2,10(14)15-3)16-7-4-5-8(12)9(13)6-7/h4-6H,1-3H3. The summed E-state index contributed by atoms with van der Waals surface area (Å²) in [5.41, 5.74) is -1.25. The first kappa shape index (κ1) is 12.4. The van der Waals surface area contributed by atoms with E-state index in [1.165, 1.54) is 27.0 Å². The molecule has 16 heavy (non-hydrogen) atoms. The van der Waals surface area contributed by atoms with Crippen molar-refractivity contribution >= 4 is 5.97 Å². The second-order valence-electron chi connectivity index (χ2n) is 3.68. The summed E-state index contributed by atoms with van der Waals surface area (Å²) >= 11 is 0. The Bertz CT molecular complexity index is 402. The maximum atomic E-state index is 12.9. The van der Waals surface area contributed by atoms with E-state index in [1.807, 2.05) is 0 Å². The van der Waals surface area contributed by atoms with Crippen LogP contribution in [0.4, 0.5) is 8.78 Å². The second kappa shape index (κ2) is 4.47. The molecule has 0 bridgehead atoms. The van der Waals surface area contributed by atoms with Crippen LogP contribution in [0, 0.1) is 11.6 Å². The molecule has 5 heteroatoms. The third kappa shape index (κ3) is 2.68. The fourth-order valence-electron chi connectivity index (χ4n) is 1.12. The van der Waals surface area contributed by atoms with Crippen molar-refractivity contribution in [3.05, 3.63) is 29.8 Å². The zero-order chi connectivity index (χ0) is 12.3. The van der Waals surface area contributed by atoms with Crippen molar-refractivity contribution in [2.75, 3.05) is 7.11 Å². The summed E-state index contributed by atoms with van der Waals surface area (Å²) in [4.78, 5) is 11.3. The van der Waals surface area contributed by atoms with Crippen molar-refractivity contribution in [2.24, 2.45) is 0 Å². The number of carbonyl (C=O) groups excluding carboxylic acids is 1. The third-order valence-corrected chi connectivity index (χ3v) is 1.94. The van der Waals surface area contributed by atoms with Gasteiger partial charge in [-0.15, -0.1) is 0 Å². The first-order chi connectivity index (χ1) is 7.36. The Labute approximate surface area is 92.0 Å². The molecule has 0 aliphatic heterocycles. The van der Waals surface area contributed by atoms with E-state index in [9.17, 15) is 13.6 Å². The van der Waals surface area contributed by atoms with Crippen molar-refractivity contribution < 1.29 is 23.0 Å². The van der Waals surface area contributed by atoms with Gasteiger partial charge < -0.3 is 9.47 Å². The van der Waals surface area contributed by atoms with Gasteiger partial charge in [0, 0.05) is 6.07 Å². The van der Waals surface area contributed by atoms with Crippen molar-refractivity contribution in [1.29, 1.82) is 0 Å². The molecule has 1 rings (SSSR count). The van der Waals surface area contributed by atoms with Crippen molar-refractivity contribution in [3.8, 4) is 5.75 Å². The summed E-state index contributed by atoms with van der Waals surface area (Å²) < 4.78 is 35.2. The molecule has 0 heterocycles. The summed E-state index contributed by atoms with van der Waals surface area (Å²) in [5.74, 6) is -2.53. The highest BCUT2D eigenvalue weighted by Gasteiger charge is 2.31. The Morgan fingerprint density at radius 3 is 2.38 bits per heavy atom. The molecule has 1 aromatic rings. The van der Waals surface area contributed by atoms with E-state index < -0.39 is 23.2 Å². The van der Waals surface area contributed by atoms with E-state index in [0.717, 1.165) is 12.1 Å². The minimum atomic E-state index is -1.25. The molecule has 0 fully saturated rings. The van der Waals surface area contributed by atoms with Gasteiger partial charge in [0.15, 0.2) is 17.2 Å². The molecule has 1 aromatic carbocycles. The normalized spacial score (nSPS) is 11.1. The predicted octanol–water partition coefficient (Wildman–Crippen LogP) is 2.30. The average Bonchev–Trinajstić information content (AvgIpc) is 2.22. The van der Waals surface area contributed by atoms with E-state index in [-0.39, 0.29) is 5.75 Å². The summed E-state index contributed by atoms with van der Waals surface area (Å²) in [6, 6.07) is 3.04. The molecule has 88 valence electrons. The van der Waals surface area contributed by atoms with E-state index in [0.29, 0.717) is 0 Å². The number of rotatable bonds is 3. The van der Waals surface area contributed by atoms with E-state index in [2.05, 4.69) is 4.74 Å². The second-order valence-corrected chi connectivity index (χ2v) is 3.68. The fourth-order valence-corrected chi connectivity index (χ4v) is 1.12. The molecule has 0 aliphatic rings. The van der Waals surface area contributed by atoms with Crippen LogP contribution in [0.1, 0.15) is 13.8 Å². The van der Waals surface area contributed by atoms with Crippen LogP contribution in [0.3, 0.4) is 0 Å². The van der Waals surface area contributed by atoms with Gasteiger partial charge in [-0.1, -0.05) is 0 Å². The van der Waals surface area contributed by atoms with Crippen molar-refractivity contribution in [3.63, 3.8) is 0 Å². The van der Waals surface area contributed by atoms with Crippen LogP contribution in [-0.4, -0.2) is 18.7 Å². The SMILES string of the molecule is COC(=O)C(C)(C)Oc1ccc(F)c(F)c1. The molecule has 0 amide bonds. The lowest BCUT2D eigenvalue weighted by molar-refractivity contribution is -0.156. The van der Waals surface area contributed by atoms with Gasteiger partial charge in [0.25, 0.3) is 0 Å². The molecule has 0 saturated heterocycles. The first-order valence-corrected chi connectivity index (χ1v) is 4.59. The lowest BCUT2D eigenvalue weighted by atomic mass is 10.1. The Hall–Kier alpha value is -1.65. The minimum Gasteiger partial charge on any atom is -0.476 e. The molecule has 3 nitrogen and oxygen atoms in total. The first-order valence-electron chi connectivity index (χ1n) is 4.59. The van der Waals surface area contributed by atoms with Crippen LogP contribution in [0.5, 0.6) is 5.75 Å². The highest BCUT2D eigenvalue weighted by molar-refractivity contribution is 5.78. The Morgan fingerprint density at radius 1 is 1.25 bits per heavy atom. The smallest absolute Gasteiger partial charge is 0.349 e. The number of hydrogen-bond donors (Lipinski definition) is 0. The van der Waals surface area contributed by atoms with Crippen LogP contribution >= 0.6 is 0 Å². The van der Waals surface area contributed by atoms with Gasteiger partial charge in [-0.3, -0.25) is 0 Å². The summed E-state index contributed by atoms with van der Waals surface area (Å²) in [6.45, 7) is 2.94. The Kier molecular flexibility index (Phi) is 3.47. The highest BCUT2D eigenvalue weighted by atomic mass is 19.2. The summed E-state index contributed by atoms with van der Waals surface area (Å²) in [5, 5.41) is 0. The van der Waals surface area contributed by atoms with Crippen molar-refractivity contribution in [2.45, 2.75) is 19.4 Å². The van der Waals surface area contributed by atoms with E-state index >= 15 is 0 Å². The quantitative estimate of drug-likeness (QED) is 0.747. The van der Waals surface area contributed by atoms with Gasteiger partial charge in [-0.05, 0) is 26.0 Å². The third-order valence-electron chi connectivity index (χ3n) is 1.94. The highest BCUT2D eigenvalue weighted by Crippen LogP contribution is 2.21. The summed E-state index contributed by atoms with van der Waals surface area (Å²) in [6.07, 6.45) is 0. The molecule has 0 saturated carbocycles. The molecule has 0 atom stereocenters. The Morgan fingerprint density at radius 2 is 1.88 bits per heavy atom. The molecule has 0 N–H and O–H groups in total. The molecule has 0 aliphatic carbocycles. The van der Waals surface area contributed by atoms with Gasteiger partial charge in [0.05, 0.1) is 7.11 Å². The maximum Gasteiger partial charge on any atom is 0.349 e. The number of carbonyl (C=O) groups is 1. The topological polar surface area (TPSA) is 35.5 Å². The van der Waals surface area contributed by atoms with Crippen LogP contribution in [-0.2, 0) is 9.53 Å². The molecule has 0 aromatic heterocycles. The van der Waals surface area contributed by atoms with Crippen LogP contribution in [0.25, 0.3) is 0 Å². The number of benzene rings is 1. The van der Waals surface area contributed by atoms with Gasteiger partial charge in [0.2, 0.25) is 0 Å². The van der Waals surface area contributed by atoms with Gasteiger partial charge in [-0.25, -0.2) is 13.6 Å². The van der Waals surface area contributed by atoms with Crippen LogP contribution in [0.2, 0.25) is 0 Å². The largest absolute Gasteiger partial charge is 0.476 e. The fraction of sp³-hybridized carbons (Fsp3) is 0.364. The lowest BCUT2D eigenvalue weighted by Gasteiger charge is -2.23. The molecular formula is C11H12F2O3. The maximum absolute atomic E-state index is 12.9. The summed E-state index contributed by atoms with van der Waals surface area (Å²) in [7, 11) is 1.22. The van der Waals surface area contributed by atoms with Crippen molar-refractivity contribution in [1.82, 2.24) is 0 Å². The molecule has 0 radical (unpaired) electrons. The number of ether oxygens (including phenoxy) is 2. The number of esters is 1. The Balaban J connectivity index is 2.88. The van der Waals surface area contributed by atoms with Gasteiger partial charge in [0.1, 0.15) is 5.75 Å². The number of methoxy groups -OCH3 is 1. The predicted molar refractivity (Wildman–Crippen MR) is 53.1 cm³/mol. The molecule has 0 unspecified atom stereocenters. The van der Waals surface area contributed by atoms with Crippen LogP contribution in [0.15, 0.2) is 18.2 Å². The van der Waals surface area contributed by atoms with E-state index in [1.54, 1.807) is 0 Å². The molecular weight excluding hydrogens is 218 g/mol. The average molecular weight is 230 g/mol. The number of halogens is 2. The zero-order valence-electron chi connectivity index (χ0n) is 9.21. The van der Waals surface area contributed by atoms with Gasteiger partial charge >= 0.3 is 5.97 Å². The lowest BCUT2D eigenvalue weighted by Crippen LogP contribution is -2.39. The minimum absolute atomic E-state index is 0.0642. The monoisotopic (exact) mass is 230 g/mol. The van der Waals surface area contributed by atoms with E-state index in [4.69, 9.17) is 4.74 Å². The zero-order valence-corrected chi connectivity index (χ0v) is 9.21. The molecule has 0 spiro atoms. The van der Waals surface area contributed by atoms with Gasteiger partial charge in [-0.2, -0.15) is 0 Å².